The first-order valence-corrected chi connectivity index (χ1v) is 6.23. The summed E-state index contributed by atoms with van der Waals surface area (Å²) in [6.07, 6.45) is 2.40. The van der Waals surface area contributed by atoms with E-state index in [9.17, 15) is 18.5 Å². The molecule has 0 aliphatic carbocycles. The highest BCUT2D eigenvalue weighted by atomic mass is 32.2. The van der Waals surface area contributed by atoms with Gasteiger partial charge < -0.3 is 4.98 Å². The fraction of sp³-hybridized carbons (Fsp3) is 0. The molecule has 2 N–H and O–H groups in total. The van der Waals surface area contributed by atoms with Crippen molar-refractivity contribution in [2.24, 2.45) is 0 Å². The minimum atomic E-state index is -3.74. The molecule has 1 aromatic heterocycles. The molecular formula is C9H8N4O4S. The zero-order valence-electron chi connectivity index (χ0n) is 8.90. The van der Waals surface area contributed by atoms with Crippen LogP contribution in [0.5, 0.6) is 0 Å². The van der Waals surface area contributed by atoms with E-state index >= 15 is 0 Å². The van der Waals surface area contributed by atoms with Crippen LogP contribution in [0.3, 0.4) is 0 Å². The van der Waals surface area contributed by atoms with Crippen molar-refractivity contribution in [3.8, 4) is 0 Å². The van der Waals surface area contributed by atoms with Gasteiger partial charge in [-0.2, -0.15) is 8.42 Å². The van der Waals surface area contributed by atoms with E-state index < -0.39 is 14.9 Å². The quantitative estimate of drug-likeness (QED) is 0.636. The van der Waals surface area contributed by atoms with E-state index in [0.717, 1.165) is 6.20 Å². The number of rotatable bonds is 4. The van der Waals surface area contributed by atoms with Gasteiger partial charge in [-0.1, -0.05) is 0 Å². The molecule has 0 saturated carbocycles. The van der Waals surface area contributed by atoms with Gasteiger partial charge in [0.2, 0.25) is 0 Å². The normalized spacial score (nSPS) is 11.1. The molecule has 0 amide bonds. The highest BCUT2D eigenvalue weighted by Crippen LogP contribution is 2.18. The largest absolute Gasteiger partial charge is 0.334 e. The van der Waals surface area contributed by atoms with Gasteiger partial charge in [-0.25, -0.2) is 4.98 Å². The van der Waals surface area contributed by atoms with E-state index in [-0.39, 0.29) is 16.4 Å². The molecule has 2 aromatic rings. The number of sulfonamides is 1. The first-order valence-electron chi connectivity index (χ1n) is 4.75. The third kappa shape index (κ3) is 2.46. The molecule has 9 heteroatoms. The molecule has 94 valence electrons. The Balaban J connectivity index is 2.22. The predicted molar refractivity (Wildman–Crippen MR) is 62.5 cm³/mol. The van der Waals surface area contributed by atoms with Gasteiger partial charge in [0.1, 0.15) is 0 Å². The topological polar surface area (TPSA) is 118 Å². The molecule has 2 rings (SSSR count). The van der Waals surface area contributed by atoms with Crippen molar-refractivity contribution >= 4 is 21.4 Å². The maximum absolute atomic E-state index is 11.8. The maximum atomic E-state index is 11.8. The lowest BCUT2D eigenvalue weighted by Crippen LogP contribution is -2.13. The SMILES string of the molecule is O=[N+]([O-])c1ccc(NS(=O)(=O)c2cnc[nH]2)cc1. The van der Waals surface area contributed by atoms with Crippen LogP contribution in [0.4, 0.5) is 11.4 Å². The van der Waals surface area contributed by atoms with Crippen LogP contribution in [-0.4, -0.2) is 23.3 Å². The van der Waals surface area contributed by atoms with Crippen LogP contribution in [0.15, 0.2) is 41.8 Å². The summed E-state index contributed by atoms with van der Waals surface area (Å²) < 4.78 is 25.8. The third-order valence-corrected chi connectivity index (χ3v) is 3.40. The van der Waals surface area contributed by atoms with Crippen LogP contribution in [0.2, 0.25) is 0 Å². The van der Waals surface area contributed by atoms with Crippen molar-refractivity contribution < 1.29 is 13.3 Å². The fourth-order valence-corrected chi connectivity index (χ4v) is 2.22. The Morgan fingerprint density at radius 1 is 1.28 bits per heavy atom. The predicted octanol–water partition coefficient (Wildman–Crippen LogP) is 1.12. The smallest absolute Gasteiger partial charge is 0.278 e. The van der Waals surface area contributed by atoms with E-state index in [0.29, 0.717) is 0 Å². The number of benzene rings is 1. The van der Waals surface area contributed by atoms with Crippen LogP contribution in [0.1, 0.15) is 0 Å². The molecule has 0 spiro atoms. The van der Waals surface area contributed by atoms with Crippen molar-refractivity contribution in [1.29, 1.82) is 0 Å². The Hall–Kier alpha value is -2.42. The number of anilines is 1. The number of hydrogen-bond donors (Lipinski definition) is 2. The zero-order valence-corrected chi connectivity index (χ0v) is 9.72. The van der Waals surface area contributed by atoms with Crippen LogP contribution < -0.4 is 4.72 Å². The summed E-state index contributed by atoms with van der Waals surface area (Å²) in [7, 11) is -3.74. The van der Waals surface area contributed by atoms with Crippen molar-refractivity contribution in [3.63, 3.8) is 0 Å². The van der Waals surface area contributed by atoms with E-state index in [1.807, 2.05) is 0 Å². The number of nitro benzene ring substituents is 1. The number of nitro groups is 1. The summed E-state index contributed by atoms with van der Waals surface area (Å²) in [5.74, 6) is 0. The van der Waals surface area contributed by atoms with Crippen LogP contribution in [-0.2, 0) is 10.0 Å². The second-order valence-electron chi connectivity index (χ2n) is 3.33. The summed E-state index contributed by atoms with van der Waals surface area (Å²) in [6, 6.07) is 5.05. The highest BCUT2D eigenvalue weighted by Gasteiger charge is 2.15. The molecule has 0 atom stereocenters. The second-order valence-corrected chi connectivity index (χ2v) is 4.98. The lowest BCUT2D eigenvalue weighted by molar-refractivity contribution is -0.384. The number of nitrogens with one attached hydrogen (secondary N) is 2. The summed E-state index contributed by atoms with van der Waals surface area (Å²) >= 11 is 0. The van der Waals surface area contributed by atoms with Crippen LogP contribution in [0.25, 0.3) is 0 Å². The summed E-state index contributed by atoms with van der Waals surface area (Å²) in [4.78, 5) is 15.9. The van der Waals surface area contributed by atoms with E-state index in [4.69, 9.17) is 0 Å². The van der Waals surface area contributed by atoms with Gasteiger partial charge in [-0.3, -0.25) is 14.8 Å². The van der Waals surface area contributed by atoms with Gasteiger partial charge in [0.15, 0.2) is 5.03 Å². The number of imidazole rings is 1. The molecule has 0 saturated heterocycles. The number of hydrogen-bond acceptors (Lipinski definition) is 5. The molecule has 0 radical (unpaired) electrons. The van der Waals surface area contributed by atoms with Gasteiger partial charge in [0, 0.05) is 17.8 Å². The second kappa shape index (κ2) is 4.45. The lowest BCUT2D eigenvalue weighted by Gasteiger charge is -2.05. The molecular weight excluding hydrogens is 260 g/mol. The Morgan fingerprint density at radius 3 is 2.44 bits per heavy atom. The van der Waals surface area contributed by atoms with Gasteiger partial charge in [0.25, 0.3) is 15.7 Å². The first kappa shape index (κ1) is 12.0. The number of aromatic amines is 1. The van der Waals surface area contributed by atoms with Crippen molar-refractivity contribution in [3.05, 3.63) is 46.9 Å². The third-order valence-electron chi connectivity index (χ3n) is 2.09. The number of nitrogens with zero attached hydrogens (tertiary/aromatic N) is 2. The van der Waals surface area contributed by atoms with Gasteiger partial charge in [-0.15, -0.1) is 0 Å². The van der Waals surface area contributed by atoms with Crippen molar-refractivity contribution in [2.75, 3.05) is 4.72 Å². The standard InChI is InChI=1S/C9H8N4O4S/c14-13(15)8-3-1-7(2-4-8)12-18(16,17)9-5-10-6-11-9/h1-6,12H,(H,10,11). The summed E-state index contributed by atoms with van der Waals surface area (Å²) in [5, 5.41) is 10.4. The maximum Gasteiger partial charge on any atom is 0.278 e. The Kier molecular flexibility index (Phi) is 2.98. The van der Waals surface area contributed by atoms with Gasteiger partial charge in [-0.05, 0) is 12.1 Å². The van der Waals surface area contributed by atoms with E-state index in [2.05, 4.69) is 14.7 Å². The lowest BCUT2D eigenvalue weighted by atomic mass is 10.3. The number of aromatic nitrogens is 2. The number of non-ortho nitro benzene ring substituents is 1. The Morgan fingerprint density at radius 2 is 1.94 bits per heavy atom. The average molecular weight is 268 g/mol. The highest BCUT2D eigenvalue weighted by molar-refractivity contribution is 7.92. The molecule has 0 aliphatic heterocycles. The molecule has 1 aromatic carbocycles. The van der Waals surface area contributed by atoms with E-state index in [1.54, 1.807) is 0 Å². The van der Waals surface area contributed by atoms with Crippen molar-refractivity contribution in [2.45, 2.75) is 5.03 Å². The zero-order chi connectivity index (χ0) is 13.2. The van der Waals surface area contributed by atoms with Crippen LogP contribution in [0, 0.1) is 10.1 Å². The van der Waals surface area contributed by atoms with Gasteiger partial charge in [0.05, 0.1) is 17.4 Å². The van der Waals surface area contributed by atoms with Crippen molar-refractivity contribution in [1.82, 2.24) is 9.97 Å². The fourth-order valence-electron chi connectivity index (χ4n) is 1.25. The Labute approximate surface area is 102 Å². The minimum Gasteiger partial charge on any atom is -0.334 e. The molecule has 0 aliphatic rings. The summed E-state index contributed by atoms with van der Waals surface area (Å²) in [6.45, 7) is 0. The molecule has 8 nitrogen and oxygen atoms in total. The molecule has 0 unspecified atom stereocenters. The molecule has 0 bridgehead atoms. The molecule has 1 heterocycles. The monoisotopic (exact) mass is 268 g/mol. The summed E-state index contributed by atoms with van der Waals surface area (Å²) in [5.41, 5.74) is 0.120. The number of H-pyrrole nitrogens is 1. The minimum absolute atomic E-state index is 0.0825. The Bertz CT molecular complexity index is 648. The molecule has 0 fully saturated rings. The molecule has 18 heavy (non-hydrogen) atoms. The van der Waals surface area contributed by atoms with Gasteiger partial charge >= 0.3 is 0 Å². The first-order chi connectivity index (χ1) is 8.49. The average Bonchev–Trinajstić information content (AvgIpc) is 2.83. The van der Waals surface area contributed by atoms with E-state index in [1.165, 1.54) is 30.6 Å². The van der Waals surface area contributed by atoms with Crippen LogP contribution >= 0.6 is 0 Å².